The van der Waals surface area contributed by atoms with Crippen molar-refractivity contribution in [3.63, 3.8) is 0 Å². The minimum atomic E-state index is 0.303. The van der Waals surface area contributed by atoms with E-state index in [0.717, 1.165) is 23.3 Å². The number of methoxy groups -OCH3 is 1. The molecule has 104 valence electrons. The maximum absolute atomic E-state index is 5.27. The molecule has 2 rings (SSSR count). The predicted molar refractivity (Wildman–Crippen MR) is 82.2 cm³/mol. The van der Waals surface area contributed by atoms with Gasteiger partial charge in [0.05, 0.1) is 18.3 Å². The Morgan fingerprint density at radius 1 is 1.47 bits per heavy atom. The molecule has 0 aliphatic heterocycles. The molecule has 0 aliphatic carbocycles. The minimum Gasteiger partial charge on any atom is -0.383 e. The quantitative estimate of drug-likeness (QED) is 0.764. The van der Waals surface area contributed by atoms with Crippen molar-refractivity contribution in [1.82, 2.24) is 9.38 Å². The molecule has 19 heavy (non-hydrogen) atoms. The molecule has 0 saturated heterocycles. The van der Waals surface area contributed by atoms with Gasteiger partial charge >= 0.3 is 0 Å². The second-order valence-electron chi connectivity index (χ2n) is 4.53. The maximum Gasteiger partial charge on any atom is 0.152 e. The monoisotopic (exact) mass is 325 g/mol. The molecule has 4 nitrogen and oxygen atoms in total. The Bertz CT molecular complexity index is 540. The van der Waals surface area contributed by atoms with E-state index in [2.05, 4.69) is 45.3 Å². The first-order chi connectivity index (χ1) is 9.22. The normalized spacial score (nSPS) is 12.8. The number of pyridine rings is 1. The fraction of sp³-hybridized carbons (Fsp3) is 0.500. The zero-order chi connectivity index (χ0) is 13.8. The number of hydrogen-bond donors (Lipinski definition) is 0. The topological polar surface area (TPSA) is 29.8 Å². The zero-order valence-corrected chi connectivity index (χ0v) is 13.2. The van der Waals surface area contributed by atoms with Crippen LogP contribution in [0.5, 0.6) is 0 Å². The summed E-state index contributed by atoms with van der Waals surface area (Å²) in [4.78, 5) is 7.05. The van der Waals surface area contributed by atoms with Crippen LogP contribution in [0.25, 0.3) is 5.65 Å². The van der Waals surface area contributed by atoms with Gasteiger partial charge in [-0.25, -0.2) is 4.98 Å². The van der Waals surface area contributed by atoms with Gasteiger partial charge in [-0.05, 0) is 26.0 Å². The van der Waals surface area contributed by atoms with Gasteiger partial charge in [-0.1, -0.05) is 22.0 Å². The number of aromatic nitrogens is 2. The number of halogens is 1. The van der Waals surface area contributed by atoms with Crippen LogP contribution >= 0.6 is 15.9 Å². The lowest BCUT2D eigenvalue weighted by molar-refractivity contribution is 0.181. The summed E-state index contributed by atoms with van der Waals surface area (Å²) in [5, 5.41) is 0.781. The largest absolute Gasteiger partial charge is 0.383 e. The summed E-state index contributed by atoms with van der Waals surface area (Å²) in [6.07, 6.45) is 2.05. The van der Waals surface area contributed by atoms with Gasteiger partial charge in [0.1, 0.15) is 5.65 Å². The van der Waals surface area contributed by atoms with E-state index < -0.39 is 0 Å². The zero-order valence-electron chi connectivity index (χ0n) is 11.6. The number of likely N-dealkylation sites (N-methyl/N-ethyl adjacent to an activating group) is 1. The smallest absolute Gasteiger partial charge is 0.152 e. The summed E-state index contributed by atoms with van der Waals surface area (Å²) >= 11 is 3.58. The van der Waals surface area contributed by atoms with Crippen molar-refractivity contribution in [2.75, 3.05) is 25.2 Å². The number of anilines is 1. The number of nitrogens with zero attached hydrogens (tertiary/aromatic N) is 3. The molecule has 2 aromatic rings. The van der Waals surface area contributed by atoms with Gasteiger partial charge in [-0.2, -0.15) is 0 Å². The Kier molecular flexibility index (Phi) is 4.82. The Balaban J connectivity index is 2.47. The molecule has 0 aliphatic rings. The lowest BCUT2D eigenvalue weighted by Gasteiger charge is -2.28. The van der Waals surface area contributed by atoms with E-state index >= 15 is 0 Å². The predicted octanol–water partition coefficient (Wildman–Crippen LogP) is 3.09. The highest BCUT2D eigenvalue weighted by Gasteiger charge is 2.20. The fourth-order valence-corrected chi connectivity index (χ4v) is 2.91. The molecule has 2 aromatic heterocycles. The van der Waals surface area contributed by atoms with Crippen LogP contribution in [0.4, 0.5) is 5.82 Å². The molecule has 0 fully saturated rings. The van der Waals surface area contributed by atoms with Gasteiger partial charge in [0.25, 0.3) is 0 Å². The summed E-state index contributed by atoms with van der Waals surface area (Å²) in [7, 11) is 1.74. The van der Waals surface area contributed by atoms with Crippen molar-refractivity contribution in [1.29, 1.82) is 0 Å². The number of hydrogen-bond acceptors (Lipinski definition) is 3. The van der Waals surface area contributed by atoms with Crippen molar-refractivity contribution in [2.24, 2.45) is 0 Å². The highest BCUT2D eigenvalue weighted by atomic mass is 79.9. The Morgan fingerprint density at radius 2 is 2.26 bits per heavy atom. The molecule has 0 radical (unpaired) electrons. The first-order valence-corrected chi connectivity index (χ1v) is 7.62. The number of alkyl halides is 1. The lowest BCUT2D eigenvalue weighted by atomic mass is 10.3. The van der Waals surface area contributed by atoms with Gasteiger partial charge in [0, 0.05) is 25.2 Å². The van der Waals surface area contributed by atoms with Crippen LogP contribution in [0.2, 0.25) is 0 Å². The number of rotatable bonds is 6. The molecule has 1 unspecified atom stereocenters. The molecule has 0 amide bonds. The average molecular weight is 326 g/mol. The third-order valence-electron chi connectivity index (χ3n) is 3.29. The molecule has 0 spiro atoms. The highest BCUT2D eigenvalue weighted by molar-refractivity contribution is 9.08. The van der Waals surface area contributed by atoms with Crippen molar-refractivity contribution in [3.05, 3.63) is 30.1 Å². The van der Waals surface area contributed by atoms with Gasteiger partial charge < -0.3 is 14.0 Å². The Morgan fingerprint density at radius 3 is 2.89 bits per heavy atom. The van der Waals surface area contributed by atoms with Crippen molar-refractivity contribution < 1.29 is 4.74 Å². The molecule has 1 atom stereocenters. The standard InChI is InChI=1S/C14H20BrN3O/c1-4-17(11(2)10-19-3)14-12(9-15)18-8-6-5-7-13(18)16-14/h5-8,11H,4,9-10H2,1-3H3. The van der Waals surface area contributed by atoms with E-state index in [0.29, 0.717) is 12.6 Å². The molecule has 2 heterocycles. The molecular weight excluding hydrogens is 306 g/mol. The third-order valence-corrected chi connectivity index (χ3v) is 3.82. The van der Waals surface area contributed by atoms with E-state index in [1.165, 1.54) is 5.69 Å². The molecule has 0 aromatic carbocycles. The molecule has 0 bridgehead atoms. The van der Waals surface area contributed by atoms with Crippen LogP contribution < -0.4 is 4.90 Å². The molecule has 0 N–H and O–H groups in total. The summed E-state index contributed by atoms with van der Waals surface area (Å²) < 4.78 is 7.40. The minimum absolute atomic E-state index is 0.303. The SMILES string of the molecule is CCN(c1nc2ccccn2c1CBr)C(C)COC. The number of ether oxygens (including phenoxy) is 1. The molecule has 5 heteroatoms. The molecular formula is C14H20BrN3O. The van der Waals surface area contributed by atoms with Crippen LogP contribution in [0.3, 0.4) is 0 Å². The Labute approximate surface area is 122 Å². The summed E-state index contributed by atoms with van der Waals surface area (Å²) in [6, 6.07) is 6.38. The van der Waals surface area contributed by atoms with Gasteiger partial charge in [-0.15, -0.1) is 0 Å². The van der Waals surface area contributed by atoms with Crippen molar-refractivity contribution in [2.45, 2.75) is 25.2 Å². The molecule has 0 saturated carbocycles. The third kappa shape index (κ3) is 2.77. The van der Waals surface area contributed by atoms with Crippen LogP contribution in [0.15, 0.2) is 24.4 Å². The number of fused-ring (bicyclic) bond motifs is 1. The van der Waals surface area contributed by atoms with Gasteiger partial charge in [0.2, 0.25) is 0 Å². The van der Waals surface area contributed by atoms with E-state index in [1.54, 1.807) is 7.11 Å². The van der Waals surface area contributed by atoms with E-state index in [9.17, 15) is 0 Å². The fourth-order valence-electron chi connectivity index (χ4n) is 2.39. The van der Waals surface area contributed by atoms with Crippen molar-refractivity contribution >= 4 is 27.4 Å². The summed E-state index contributed by atoms with van der Waals surface area (Å²) in [6.45, 7) is 5.92. The average Bonchev–Trinajstić information content (AvgIpc) is 2.78. The second kappa shape index (κ2) is 6.39. The van der Waals surface area contributed by atoms with E-state index in [-0.39, 0.29) is 0 Å². The highest BCUT2D eigenvalue weighted by Crippen LogP contribution is 2.25. The van der Waals surface area contributed by atoms with Crippen molar-refractivity contribution in [3.8, 4) is 0 Å². The van der Waals surface area contributed by atoms with Crippen LogP contribution in [-0.4, -0.2) is 35.7 Å². The lowest BCUT2D eigenvalue weighted by Crippen LogP contribution is -2.37. The summed E-state index contributed by atoms with van der Waals surface area (Å²) in [5.41, 5.74) is 2.16. The van der Waals surface area contributed by atoms with Crippen LogP contribution in [0, 0.1) is 0 Å². The van der Waals surface area contributed by atoms with Crippen LogP contribution in [0.1, 0.15) is 19.5 Å². The van der Waals surface area contributed by atoms with Crippen LogP contribution in [-0.2, 0) is 10.1 Å². The van der Waals surface area contributed by atoms with E-state index in [1.807, 2.05) is 18.2 Å². The Hall–Kier alpha value is -1.07. The van der Waals surface area contributed by atoms with Gasteiger partial charge in [0.15, 0.2) is 5.82 Å². The second-order valence-corrected chi connectivity index (χ2v) is 5.10. The first-order valence-electron chi connectivity index (χ1n) is 6.50. The number of imidazole rings is 1. The maximum atomic E-state index is 5.27. The first kappa shape index (κ1) is 14.3. The van der Waals surface area contributed by atoms with Gasteiger partial charge in [-0.3, -0.25) is 0 Å². The van der Waals surface area contributed by atoms with E-state index in [4.69, 9.17) is 9.72 Å². The summed E-state index contributed by atoms with van der Waals surface area (Å²) in [5.74, 6) is 1.04.